The van der Waals surface area contributed by atoms with Crippen LogP contribution in [0.1, 0.15) is 63.6 Å². The number of fused-ring (bicyclic) bond motifs is 1. The molecule has 1 fully saturated rings. The van der Waals surface area contributed by atoms with Gasteiger partial charge in [0.2, 0.25) is 5.91 Å². The summed E-state index contributed by atoms with van der Waals surface area (Å²) in [6.07, 6.45) is 2.99. The highest BCUT2D eigenvalue weighted by Crippen LogP contribution is 2.41. The third kappa shape index (κ3) is 4.27. The van der Waals surface area contributed by atoms with Crippen LogP contribution >= 0.6 is 15.9 Å². The predicted molar refractivity (Wildman–Crippen MR) is 114 cm³/mol. The van der Waals surface area contributed by atoms with Crippen LogP contribution in [0, 0.1) is 12.8 Å². The predicted octanol–water partition coefficient (Wildman–Crippen LogP) is 4.40. The van der Waals surface area contributed by atoms with E-state index in [1.807, 2.05) is 6.92 Å². The molecule has 150 valence electrons. The van der Waals surface area contributed by atoms with E-state index < -0.39 is 0 Å². The fraction of sp³-hybridized carbons (Fsp3) is 0.348. The Morgan fingerprint density at radius 3 is 2.48 bits per heavy atom. The van der Waals surface area contributed by atoms with Gasteiger partial charge in [-0.25, -0.2) is 0 Å². The molecule has 0 aromatic heterocycles. The van der Waals surface area contributed by atoms with Gasteiger partial charge in [-0.1, -0.05) is 45.8 Å². The van der Waals surface area contributed by atoms with E-state index in [-0.39, 0.29) is 36.7 Å². The van der Waals surface area contributed by atoms with Gasteiger partial charge in [0.05, 0.1) is 17.2 Å². The van der Waals surface area contributed by atoms with Crippen molar-refractivity contribution in [3.8, 4) is 0 Å². The smallest absolute Gasteiger partial charge is 0.261 e. The zero-order valence-corrected chi connectivity index (χ0v) is 17.9. The van der Waals surface area contributed by atoms with E-state index in [1.54, 1.807) is 18.2 Å². The van der Waals surface area contributed by atoms with E-state index in [4.69, 9.17) is 0 Å². The molecule has 1 heterocycles. The van der Waals surface area contributed by atoms with Crippen LogP contribution in [-0.2, 0) is 4.79 Å². The first kappa shape index (κ1) is 19.8. The minimum absolute atomic E-state index is 0.0400. The molecule has 1 N–H and O–H groups in total. The van der Waals surface area contributed by atoms with Crippen molar-refractivity contribution in [3.05, 3.63) is 69.2 Å². The van der Waals surface area contributed by atoms with Gasteiger partial charge in [-0.15, -0.1) is 0 Å². The number of nitrogens with one attached hydrogen (secondary N) is 1. The molecule has 2 aromatic carbocycles. The lowest BCUT2D eigenvalue weighted by Crippen LogP contribution is -2.33. The summed E-state index contributed by atoms with van der Waals surface area (Å²) >= 11 is 3.33. The van der Waals surface area contributed by atoms with E-state index >= 15 is 0 Å². The van der Waals surface area contributed by atoms with Crippen LogP contribution in [-0.4, -0.2) is 29.2 Å². The summed E-state index contributed by atoms with van der Waals surface area (Å²) in [5.41, 5.74) is 3.18. The van der Waals surface area contributed by atoms with Gasteiger partial charge in [0.15, 0.2) is 0 Å². The molecule has 1 saturated carbocycles. The van der Waals surface area contributed by atoms with Gasteiger partial charge in [-0.2, -0.15) is 0 Å². The van der Waals surface area contributed by atoms with Crippen molar-refractivity contribution in [1.82, 2.24) is 10.2 Å². The second-order valence-corrected chi connectivity index (χ2v) is 8.76. The Morgan fingerprint density at radius 2 is 1.79 bits per heavy atom. The summed E-state index contributed by atoms with van der Waals surface area (Å²) in [5, 5.41) is 3.15. The lowest BCUT2D eigenvalue weighted by molar-refractivity contribution is -0.122. The summed E-state index contributed by atoms with van der Waals surface area (Å²) in [5.74, 6) is -0.117. The topological polar surface area (TPSA) is 66.5 Å². The number of halogens is 1. The Hall–Kier alpha value is -2.47. The Balaban J connectivity index is 1.32. The maximum atomic E-state index is 12.5. The molecule has 2 aliphatic rings. The van der Waals surface area contributed by atoms with Crippen LogP contribution in [0.15, 0.2) is 46.9 Å². The average Bonchev–Trinajstić information content (AvgIpc) is 3.51. The maximum absolute atomic E-state index is 12.5. The molecule has 1 aliphatic heterocycles. The monoisotopic (exact) mass is 454 g/mol. The fourth-order valence-corrected chi connectivity index (χ4v) is 4.15. The minimum Gasteiger partial charge on any atom is -0.349 e. The van der Waals surface area contributed by atoms with Gasteiger partial charge in [0.1, 0.15) is 0 Å². The maximum Gasteiger partial charge on any atom is 0.261 e. The van der Waals surface area contributed by atoms with Crippen LogP contribution < -0.4 is 5.32 Å². The number of hydrogen-bond acceptors (Lipinski definition) is 3. The van der Waals surface area contributed by atoms with E-state index in [9.17, 15) is 14.4 Å². The van der Waals surface area contributed by atoms with Crippen LogP contribution in [0.5, 0.6) is 0 Å². The van der Waals surface area contributed by atoms with Crippen LogP contribution in [0.4, 0.5) is 0 Å². The molecule has 3 amide bonds. The zero-order chi connectivity index (χ0) is 20.5. The van der Waals surface area contributed by atoms with E-state index in [2.05, 4.69) is 45.5 Å². The summed E-state index contributed by atoms with van der Waals surface area (Å²) in [7, 11) is 0. The normalized spacial score (nSPS) is 16.7. The number of amides is 3. The second-order valence-electron chi connectivity index (χ2n) is 7.85. The molecule has 29 heavy (non-hydrogen) atoms. The first-order valence-corrected chi connectivity index (χ1v) is 10.7. The molecule has 1 aliphatic carbocycles. The number of nitrogens with zero attached hydrogens (tertiary/aromatic N) is 1. The summed E-state index contributed by atoms with van der Waals surface area (Å²) in [6.45, 7) is 2.29. The van der Waals surface area contributed by atoms with Crippen LogP contribution in [0.3, 0.4) is 0 Å². The number of benzene rings is 2. The third-order valence-corrected chi connectivity index (χ3v) is 6.06. The lowest BCUT2D eigenvalue weighted by Gasteiger charge is -2.19. The van der Waals surface area contributed by atoms with E-state index in [0.29, 0.717) is 23.5 Å². The van der Waals surface area contributed by atoms with Crippen molar-refractivity contribution in [2.75, 3.05) is 6.54 Å². The molecule has 0 saturated heterocycles. The van der Waals surface area contributed by atoms with Crippen molar-refractivity contribution in [2.45, 2.75) is 38.6 Å². The highest BCUT2D eigenvalue weighted by molar-refractivity contribution is 9.10. The largest absolute Gasteiger partial charge is 0.349 e. The molecule has 1 atom stereocenters. The molecule has 0 spiro atoms. The van der Waals surface area contributed by atoms with Gasteiger partial charge in [-0.05, 0) is 55.9 Å². The Bertz CT molecular complexity index is 967. The first-order chi connectivity index (χ1) is 13.9. The number of rotatable bonds is 7. The Kier molecular flexibility index (Phi) is 5.54. The van der Waals surface area contributed by atoms with Gasteiger partial charge in [0, 0.05) is 17.4 Å². The molecule has 0 radical (unpaired) electrons. The highest BCUT2D eigenvalue weighted by Gasteiger charge is 2.36. The van der Waals surface area contributed by atoms with E-state index in [0.717, 1.165) is 22.9 Å². The lowest BCUT2D eigenvalue weighted by atomic mass is 10.0. The average molecular weight is 455 g/mol. The first-order valence-electron chi connectivity index (χ1n) is 9.95. The number of imide groups is 1. The molecule has 6 heteroatoms. The van der Waals surface area contributed by atoms with Gasteiger partial charge in [0.25, 0.3) is 11.8 Å². The molecule has 0 bridgehead atoms. The van der Waals surface area contributed by atoms with E-state index in [1.165, 1.54) is 10.5 Å². The molecular weight excluding hydrogens is 432 g/mol. The molecular formula is C23H23BrN2O3. The number of hydrogen-bond donors (Lipinski definition) is 1. The van der Waals surface area contributed by atoms with Gasteiger partial charge in [-0.3, -0.25) is 19.3 Å². The van der Waals surface area contributed by atoms with Crippen LogP contribution in [0.25, 0.3) is 0 Å². The number of carbonyl (C=O) groups excluding carboxylic acids is 3. The third-order valence-electron chi connectivity index (χ3n) is 5.56. The van der Waals surface area contributed by atoms with Gasteiger partial charge < -0.3 is 5.32 Å². The van der Waals surface area contributed by atoms with Crippen molar-refractivity contribution in [3.63, 3.8) is 0 Å². The van der Waals surface area contributed by atoms with Crippen LogP contribution in [0.2, 0.25) is 0 Å². The molecule has 4 rings (SSSR count). The second kappa shape index (κ2) is 8.11. The summed E-state index contributed by atoms with van der Waals surface area (Å²) in [4.78, 5) is 38.7. The Labute approximate surface area is 178 Å². The standard InChI is InChI=1S/C23H23BrN2O3/c1-14-4-6-15(7-5-14)21(16-8-9-16)25-20(27)3-2-12-26-22(28)18-11-10-17(24)13-19(18)23(26)29/h4-7,10-11,13,16,21H,2-3,8-9,12H2,1H3,(H,25,27). The quantitative estimate of drug-likeness (QED) is 0.630. The summed E-state index contributed by atoms with van der Waals surface area (Å²) < 4.78 is 0.765. The zero-order valence-electron chi connectivity index (χ0n) is 16.3. The van der Waals surface area contributed by atoms with Crippen molar-refractivity contribution in [2.24, 2.45) is 5.92 Å². The highest BCUT2D eigenvalue weighted by atomic mass is 79.9. The molecule has 2 aromatic rings. The molecule has 5 nitrogen and oxygen atoms in total. The van der Waals surface area contributed by atoms with Crippen molar-refractivity contribution < 1.29 is 14.4 Å². The Morgan fingerprint density at radius 1 is 1.10 bits per heavy atom. The number of aryl methyl sites for hydroxylation is 1. The van der Waals surface area contributed by atoms with Crippen molar-refractivity contribution >= 4 is 33.7 Å². The minimum atomic E-state index is -0.290. The fourth-order valence-electron chi connectivity index (χ4n) is 3.79. The number of carbonyl (C=O) groups is 3. The van der Waals surface area contributed by atoms with Crippen molar-refractivity contribution in [1.29, 1.82) is 0 Å². The van der Waals surface area contributed by atoms with Gasteiger partial charge >= 0.3 is 0 Å². The summed E-state index contributed by atoms with van der Waals surface area (Å²) in [6, 6.07) is 13.4. The molecule has 1 unspecified atom stereocenters. The SMILES string of the molecule is Cc1ccc(C(NC(=O)CCCN2C(=O)c3ccc(Br)cc3C2=O)C2CC2)cc1.